The van der Waals surface area contributed by atoms with E-state index in [0.717, 1.165) is 36.7 Å². The predicted molar refractivity (Wildman–Crippen MR) is 75.1 cm³/mol. The molecule has 1 unspecified atom stereocenters. The van der Waals surface area contributed by atoms with Gasteiger partial charge in [0.05, 0.1) is 5.69 Å². The van der Waals surface area contributed by atoms with Crippen molar-refractivity contribution in [3.8, 4) is 6.07 Å². The SMILES string of the molecule is CCN(CC1CCCN1)c1nnc(C)c(C)c1C#N. The number of rotatable bonds is 4. The van der Waals surface area contributed by atoms with E-state index >= 15 is 0 Å². The largest absolute Gasteiger partial charge is 0.353 e. The summed E-state index contributed by atoms with van der Waals surface area (Å²) < 4.78 is 0. The fraction of sp³-hybridized carbons (Fsp3) is 0.643. The number of nitriles is 1. The number of nitrogens with zero attached hydrogens (tertiary/aromatic N) is 4. The number of likely N-dealkylation sites (N-methyl/N-ethyl adjacent to an activating group) is 1. The average molecular weight is 259 g/mol. The second kappa shape index (κ2) is 5.98. The van der Waals surface area contributed by atoms with Gasteiger partial charge in [-0.05, 0) is 45.7 Å². The highest BCUT2D eigenvalue weighted by Crippen LogP contribution is 2.22. The Kier molecular flexibility index (Phi) is 4.33. The summed E-state index contributed by atoms with van der Waals surface area (Å²) in [6, 6.07) is 2.78. The van der Waals surface area contributed by atoms with Crippen LogP contribution < -0.4 is 10.2 Å². The molecule has 5 heteroatoms. The molecule has 5 nitrogen and oxygen atoms in total. The lowest BCUT2D eigenvalue weighted by Gasteiger charge is -2.26. The average Bonchev–Trinajstić information content (AvgIpc) is 2.92. The van der Waals surface area contributed by atoms with Gasteiger partial charge in [0.25, 0.3) is 0 Å². The van der Waals surface area contributed by atoms with Gasteiger partial charge in [0.1, 0.15) is 11.6 Å². The first-order chi connectivity index (χ1) is 9.17. The molecule has 0 aliphatic carbocycles. The van der Waals surface area contributed by atoms with Gasteiger partial charge in [-0.25, -0.2) is 0 Å². The van der Waals surface area contributed by atoms with Crippen LogP contribution in [-0.4, -0.2) is 35.9 Å². The summed E-state index contributed by atoms with van der Waals surface area (Å²) in [5.74, 6) is 0.724. The minimum atomic E-state index is 0.495. The van der Waals surface area contributed by atoms with Crippen molar-refractivity contribution < 1.29 is 0 Å². The summed E-state index contributed by atoms with van der Waals surface area (Å²) in [4.78, 5) is 2.15. The lowest BCUT2D eigenvalue weighted by atomic mass is 10.1. The van der Waals surface area contributed by atoms with Crippen LogP contribution in [0.3, 0.4) is 0 Å². The predicted octanol–water partition coefficient (Wildman–Crippen LogP) is 1.54. The molecule has 1 N–H and O–H groups in total. The monoisotopic (exact) mass is 259 g/mol. The van der Waals surface area contributed by atoms with Crippen LogP contribution in [0.2, 0.25) is 0 Å². The zero-order valence-corrected chi connectivity index (χ0v) is 11.9. The molecule has 1 aliphatic rings. The van der Waals surface area contributed by atoms with Crippen LogP contribution in [-0.2, 0) is 0 Å². The van der Waals surface area contributed by atoms with Gasteiger partial charge >= 0.3 is 0 Å². The van der Waals surface area contributed by atoms with Crippen molar-refractivity contribution in [2.45, 2.75) is 39.7 Å². The van der Waals surface area contributed by atoms with Crippen molar-refractivity contribution in [1.82, 2.24) is 15.5 Å². The van der Waals surface area contributed by atoms with Gasteiger partial charge in [0, 0.05) is 19.1 Å². The van der Waals surface area contributed by atoms with Crippen molar-refractivity contribution in [3.05, 3.63) is 16.8 Å². The van der Waals surface area contributed by atoms with Crippen molar-refractivity contribution in [3.63, 3.8) is 0 Å². The Morgan fingerprint density at radius 2 is 2.21 bits per heavy atom. The minimum Gasteiger partial charge on any atom is -0.353 e. The Morgan fingerprint density at radius 1 is 1.42 bits per heavy atom. The standard InChI is InChI=1S/C14H21N5/c1-4-19(9-12-6-5-7-16-12)14-13(8-15)10(2)11(3)17-18-14/h12,16H,4-7,9H2,1-3H3. The van der Waals surface area contributed by atoms with Crippen LogP contribution in [0.5, 0.6) is 0 Å². The van der Waals surface area contributed by atoms with E-state index in [0.29, 0.717) is 11.6 Å². The molecular formula is C14H21N5. The molecule has 1 aliphatic heterocycles. The van der Waals surface area contributed by atoms with Gasteiger partial charge in [-0.15, -0.1) is 5.10 Å². The Bertz CT molecular complexity index is 485. The maximum atomic E-state index is 9.37. The molecule has 0 radical (unpaired) electrons. The minimum absolute atomic E-state index is 0.495. The summed E-state index contributed by atoms with van der Waals surface area (Å²) >= 11 is 0. The third-order valence-corrected chi connectivity index (χ3v) is 3.83. The molecule has 1 saturated heterocycles. The second-order valence-corrected chi connectivity index (χ2v) is 5.05. The Morgan fingerprint density at radius 3 is 2.79 bits per heavy atom. The molecular weight excluding hydrogens is 238 g/mol. The Balaban J connectivity index is 2.27. The van der Waals surface area contributed by atoms with Crippen molar-refractivity contribution >= 4 is 5.82 Å². The maximum Gasteiger partial charge on any atom is 0.169 e. The van der Waals surface area contributed by atoms with Crippen LogP contribution >= 0.6 is 0 Å². The molecule has 2 rings (SSSR count). The van der Waals surface area contributed by atoms with Crippen LogP contribution in [0, 0.1) is 25.2 Å². The highest BCUT2D eigenvalue weighted by atomic mass is 15.3. The molecule has 0 bridgehead atoms. The van der Waals surface area contributed by atoms with Gasteiger partial charge < -0.3 is 10.2 Å². The van der Waals surface area contributed by atoms with Crippen molar-refractivity contribution in [2.75, 3.05) is 24.5 Å². The zero-order valence-electron chi connectivity index (χ0n) is 11.9. The molecule has 102 valence electrons. The summed E-state index contributed by atoms with van der Waals surface area (Å²) in [5.41, 5.74) is 2.42. The summed E-state index contributed by atoms with van der Waals surface area (Å²) in [7, 11) is 0. The van der Waals surface area contributed by atoms with E-state index in [2.05, 4.69) is 33.4 Å². The first-order valence-corrected chi connectivity index (χ1v) is 6.89. The van der Waals surface area contributed by atoms with Crippen LogP contribution in [0.4, 0.5) is 5.82 Å². The van der Waals surface area contributed by atoms with Gasteiger partial charge in [-0.2, -0.15) is 10.4 Å². The quantitative estimate of drug-likeness (QED) is 0.888. The molecule has 19 heavy (non-hydrogen) atoms. The third-order valence-electron chi connectivity index (χ3n) is 3.83. The fourth-order valence-electron chi connectivity index (χ4n) is 2.50. The summed E-state index contributed by atoms with van der Waals surface area (Å²) in [6.45, 7) is 8.74. The van der Waals surface area contributed by atoms with Gasteiger partial charge in [-0.1, -0.05) is 0 Å². The molecule has 0 saturated carbocycles. The number of nitrogens with one attached hydrogen (secondary N) is 1. The van der Waals surface area contributed by atoms with E-state index in [9.17, 15) is 5.26 Å². The lowest BCUT2D eigenvalue weighted by molar-refractivity contribution is 0.581. The van der Waals surface area contributed by atoms with Gasteiger partial charge in [0.2, 0.25) is 0 Å². The third kappa shape index (κ3) is 2.85. The molecule has 0 aromatic carbocycles. The van der Waals surface area contributed by atoms with Gasteiger partial charge in [-0.3, -0.25) is 0 Å². The lowest BCUT2D eigenvalue weighted by Crippen LogP contribution is -2.38. The topological polar surface area (TPSA) is 64.8 Å². The molecule has 0 spiro atoms. The number of hydrogen-bond acceptors (Lipinski definition) is 5. The molecule has 1 fully saturated rings. The Labute approximate surface area is 114 Å². The summed E-state index contributed by atoms with van der Waals surface area (Å²) in [6.07, 6.45) is 2.42. The number of aryl methyl sites for hydroxylation is 1. The Hall–Kier alpha value is -1.67. The molecule has 1 atom stereocenters. The fourth-order valence-corrected chi connectivity index (χ4v) is 2.50. The van der Waals surface area contributed by atoms with Crippen LogP contribution in [0.15, 0.2) is 0 Å². The first kappa shape index (κ1) is 13.8. The molecule has 1 aromatic heterocycles. The highest BCUT2D eigenvalue weighted by Gasteiger charge is 2.21. The van der Waals surface area contributed by atoms with E-state index < -0.39 is 0 Å². The molecule has 2 heterocycles. The van der Waals surface area contributed by atoms with Crippen molar-refractivity contribution in [2.24, 2.45) is 0 Å². The summed E-state index contributed by atoms with van der Waals surface area (Å²) in [5, 5.41) is 21.3. The normalized spacial score (nSPS) is 18.3. The van der Waals surface area contributed by atoms with Crippen LogP contribution in [0.1, 0.15) is 36.6 Å². The number of anilines is 1. The van der Waals surface area contributed by atoms with Crippen LogP contribution in [0.25, 0.3) is 0 Å². The first-order valence-electron chi connectivity index (χ1n) is 6.89. The van der Waals surface area contributed by atoms with E-state index in [-0.39, 0.29) is 0 Å². The number of hydrogen-bond donors (Lipinski definition) is 1. The maximum absolute atomic E-state index is 9.37. The van der Waals surface area contributed by atoms with E-state index in [1.54, 1.807) is 0 Å². The number of aromatic nitrogens is 2. The van der Waals surface area contributed by atoms with E-state index in [1.165, 1.54) is 12.8 Å². The van der Waals surface area contributed by atoms with E-state index in [4.69, 9.17) is 0 Å². The molecule has 1 aromatic rings. The highest BCUT2D eigenvalue weighted by molar-refractivity contribution is 5.57. The second-order valence-electron chi connectivity index (χ2n) is 5.05. The van der Waals surface area contributed by atoms with Crippen molar-refractivity contribution in [1.29, 1.82) is 5.26 Å². The zero-order chi connectivity index (χ0) is 13.8. The van der Waals surface area contributed by atoms with E-state index in [1.807, 2.05) is 13.8 Å². The molecule has 0 amide bonds. The van der Waals surface area contributed by atoms with Gasteiger partial charge in [0.15, 0.2) is 5.82 Å². The smallest absolute Gasteiger partial charge is 0.169 e.